The maximum Gasteiger partial charge on any atom is 0.273 e. The average Bonchev–Trinajstić information content (AvgIpc) is 2.17. The van der Waals surface area contributed by atoms with E-state index >= 15 is 0 Å². The molecule has 0 aliphatic carbocycles. The number of rotatable bonds is 2. The standard InChI is InChI=1S/C10H9FN2O2/c1-12-4-2-3-8-5-9(11)7-10(6-8)13(14)15/h5-7,12H,4H2,1H3. The molecular weight excluding hydrogens is 199 g/mol. The number of nitrogens with one attached hydrogen (secondary N) is 1. The molecule has 0 radical (unpaired) electrons. The van der Waals surface area contributed by atoms with Crippen molar-refractivity contribution in [2.24, 2.45) is 0 Å². The van der Waals surface area contributed by atoms with Gasteiger partial charge in [-0.1, -0.05) is 11.8 Å². The summed E-state index contributed by atoms with van der Waals surface area (Å²) in [6.45, 7) is 0.449. The summed E-state index contributed by atoms with van der Waals surface area (Å²) < 4.78 is 12.9. The zero-order valence-corrected chi connectivity index (χ0v) is 8.08. The predicted octanol–water partition coefficient (Wildman–Crippen LogP) is 1.30. The Morgan fingerprint density at radius 1 is 1.53 bits per heavy atom. The lowest BCUT2D eigenvalue weighted by atomic mass is 10.2. The maximum absolute atomic E-state index is 12.9. The molecule has 4 nitrogen and oxygen atoms in total. The summed E-state index contributed by atoms with van der Waals surface area (Å²) in [4.78, 5) is 9.77. The molecule has 0 aromatic heterocycles. The summed E-state index contributed by atoms with van der Waals surface area (Å²) in [6.07, 6.45) is 0. The van der Waals surface area contributed by atoms with Crippen molar-refractivity contribution in [1.82, 2.24) is 5.32 Å². The van der Waals surface area contributed by atoms with Crippen molar-refractivity contribution < 1.29 is 9.31 Å². The normalized spacial score (nSPS) is 9.20. The maximum atomic E-state index is 12.9. The Labute approximate surface area is 86.3 Å². The molecule has 0 aliphatic heterocycles. The number of benzene rings is 1. The smallest absolute Gasteiger partial charge is 0.273 e. The van der Waals surface area contributed by atoms with E-state index in [9.17, 15) is 14.5 Å². The Bertz CT molecular complexity index is 435. The molecule has 0 unspecified atom stereocenters. The van der Waals surface area contributed by atoms with Crippen LogP contribution in [0.25, 0.3) is 0 Å². The first-order valence-corrected chi connectivity index (χ1v) is 4.22. The predicted molar refractivity (Wildman–Crippen MR) is 53.9 cm³/mol. The van der Waals surface area contributed by atoms with Gasteiger partial charge < -0.3 is 5.32 Å². The third-order valence-electron chi connectivity index (χ3n) is 1.59. The Kier molecular flexibility index (Phi) is 3.77. The van der Waals surface area contributed by atoms with Crippen LogP contribution in [0.4, 0.5) is 10.1 Å². The Morgan fingerprint density at radius 2 is 2.27 bits per heavy atom. The minimum absolute atomic E-state index is 0.288. The van der Waals surface area contributed by atoms with E-state index in [4.69, 9.17) is 0 Å². The molecule has 1 aromatic carbocycles. The largest absolute Gasteiger partial charge is 0.309 e. The highest BCUT2D eigenvalue weighted by Gasteiger charge is 2.08. The van der Waals surface area contributed by atoms with Crippen molar-refractivity contribution in [3.63, 3.8) is 0 Å². The number of nitro benzene ring substituents is 1. The number of halogens is 1. The molecule has 1 aromatic rings. The summed E-state index contributed by atoms with van der Waals surface area (Å²) in [7, 11) is 1.72. The van der Waals surface area contributed by atoms with Crippen LogP contribution in [0, 0.1) is 27.8 Å². The lowest BCUT2D eigenvalue weighted by molar-refractivity contribution is -0.385. The monoisotopic (exact) mass is 208 g/mol. The van der Waals surface area contributed by atoms with E-state index in [0.717, 1.165) is 12.1 Å². The highest BCUT2D eigenvalue weighted by atomic mass is 19.1. The molecule has 0 bridgehead atoms. The zero-order chi connectivity index (χ0) is 11.3. The summed E-state index contributed by atoms with van der Waals surface area (Å²) in [5, 5.41) is 13.2. The molecule has 15 heavy (non-hydrogen) atoms. The molecule has 0 spiro atoms. The number of hydrogen-bond donors (Lipinski definition) is 1. The van der Waals surface area contributed by atoms with E-state index < -0.39 is 10.7 Å². The Hall–Kier alpha value is -1.93. The van der Waals surface area contributed by atoms with Gasteiger partial charge in [-0.15, -0.1) is 0 Å². The van der Waals surface area contributed by atoms with E-state index in [1.807, 2.05) is 0 Å². The summed E-state index contributed by atoms with van der Waals surface area (Å²) in [6, 6.07) is 3.27. The van der Waals surface area contributed by atoms with Crippen LogP contribution in [-0.4, -0.2) is 18.5 Å². The first-order chi connectivity index (χ1) is 7.13. The highest BCUT2D eigenvalue weighted by Crippen LogP contribution is 2.15. The van der Waals surface area contributed by atoms with E-state index in [1.165, 1.54) is 6.07 Å². The summed E-state index contributed by atoms with van der Waals surface area (Å²) in [5.74, 6) is 4.66. The van der Waals surface area contributed by atoms with Gasteiger partial charge in [-0.25, -0.2) is 4.39 Å². The van der Waals surface area contributed by atoms with Crippen molar-refractivity contribution in [3.8, 4) is 11.8 Å². The lowest BCUT2D eigenvalue weighted by Gasteiger charge is -1.93. The molecule has 1 rings (SSSR count). The SMILES string of the molecule is CNCC#Cc1cc(F)cc([N+](=O)[O-])c1. The van der Waals surface area contributed by atoms with Crippen molar-refractivity contribution in [2.45, 2.75) is 0 Å². The molecule has 0 atom stereocenters. The number of hydrogen-bond acceptors (Lipinski definition) is 3. The second-order valence-corrected chi connectivity index (χ2v) is 2.79. The third-order valence-corrected chi connectivity index (χ3v) is 1.59. The molecule has 0 heterocycles. The first kappa shape index (κ1) is 11.1. The van der Waals surface area contributed by atoms with Gasteiger partial charge in [-0.3, -0.25) is 10.1 Å². The van der Waals surface area contributed by atoms with Gasteiger partial charge >= 0.3 is 0 Å². The molecule has 78 valence electrons. The number of nitro groups is 1. The van der Waals surface area contributed by atoms with Crippen LogP contribution in [0.2, 0.25) is 0 Å². The zero-order valence-electron chi connectivity index (χ0n) is 8.08. The average molecular weight is 208 g/mol. The quantitative estimate of drug-likeness (QED) is 0.453. The van der Waals surface area contributed by atoms with E-state index in [0.29, 0.717) is 12.1 Å². The minimum Gasteiger partial charge on any atom is -0.309 e. The van der Waals surface area contributed by atoms with Crippen LogP contribution < -0.4 is 5.32 Å². The van der Waals surface area contributed by atoms with Crippen LogP contribution >= 0.6 is 0 Å². The van der Waals surface area contributed by atoms with Gasteiger partial charge in [0.25, 0.3) is 5.69 Å². The topological polar surface area (TPSA) is 55.2 Å². The minimum atomic E-state index is -0.655. The lowest BCUT2D eigenvalue weighted by Crippen LogP contribution is -2.04. The van der Waals surface area contributed by atoms with Gasteiger partial charge in [0.05, 0.1) is 17.5 Å². The van der Waals surface area contributed by atoms with Crippen molar-refractivity contribution in [2.75, 3.05) is 13.6 Å². The molecule has 0 saturated carbocycles. The highest BCUT2D eigenvalue weighted by molar-refractivity contribution is 5.43. The number of nitrogens with zero attached hydrogens (tertiary/aromatic N) is 1. The molecule has 0 aliphatic rings. The molecule has 5 heteroatoms. The van der Waals surface area contributed by atoms with Crippen LogP contribution in [0.5, 0.6) is 0 Å². The van der Waals surface area contributed by atoms with Crippen molar-refractivity contribution in [1.29, 1.82) is 0 Å². The van der Waals surface area contributed by atoms with E-state index in [2.05, 4.69) is 17.2 Å². The molecule has 0 saturated heterocycles. The van der Waals surface area contributed by atoms with Crippen molar-refractivity contribution in [3.05, 3.63) is 39.7 Å². The fourth-order valence-electron chi connectivity index (χ4n) is 0.986. The summed E-state index contributed by atoms with van der Waals surface area (Å²) >= 11 is 0. The van der Waals surface area contributed by atoms with Crippen molar-refractivity contribution >= 4 is 5.69 Å². The molecule has 0 fully saturated rings. The Morgan fingerprint density at radius 3 is 2.87 bits per heavy atom. The van der Waals surface area contributed by atoms with Crippen LogP contribution in [0.15, 0.2) is 18.2 Å². The Balaban J connectivity index is 3.00. The van der Waals surface area contributed by atoms with E-state index in [-0.39, 0.29) is 5.69 Å². The molecule has 0 amide bonds. The molecular formula is C10H9FN2O2. The van der Waals surface area contributed by atoms with E-state index in [1.54, 1.807) is 7.05 Å². The van der Waals surface area contributed by atoms with Gasteiger partial charge in [0, 0.05) is 11.6 Å². The third kappa shape index (κ3) is 3.37. The second kappa shape index (κ2) is 5.08. The van der Waals surface area contributed by atoms with Crippen LogP contribution in [-0.2, 0) is 0 Å². The first-order valence-electron chi connectivity index (χ1n) is 4.22. The number of non-ortho nitro benzene ring substituents is 1. The van der Waals surface area contributed by atoms with Gasteiger partial charge in [-0.2, -0.15) is 0 Å². The van der Waals surface area contributed by atoms with Gasteiger partial charge in [0.2, 0.25) is 0 Å². The van der Waals surface area contributed by atoms with Gasteiger partial charge in [0.15, 0.2) is 0 Å². The van der Waals surface area contributed by atoms with Gasteiger partial charge in [-0.05, 0) is 13.1 Å². The summed E-state index contributed by atoms with van der Waals surface area (Å²) in [5.41, 5.74) is 0.0145. The second-order valence-electron chi connectivity index (χ2n) is 2.79. The van der Waals surface area contributed by atoms with Crippen LogP contribution in [0.3, 0.4) is 0 Å². The van der Waals surface area contributed by atoms with Crippen LogP contribution in [0.1, 0.15) is 5.56 Å². The fourth-order valence-corrected chi connectivity index (χ4v) is 0.986. The van der Waals surface area contributed by atoms with Gasteiger partial charge in [0.1, 0.15) is 5.82 Å². The fraction of sp³-hybridized carbons (Fsp3) is 0.200. The molecule has 1 N–H and O–H groups in total.